The number of likely N-dealkylation sites (tertiary alicyclic amines) is 1. The molecule has 138 valence electrons. The number of nitrogens with zero attached hydrogens (tertiary/aromatic N) is 1. The summed E-state index contributed by atoms with van der Waals surface area (Å²) in [6.07, 6.45) is 7.15. The van der Waals surface area contributed by atoms with E-state index in [0.29, 0.717) is 25.0 Å². The SMILES string of the molecule is CC1CCCCN1Cc1ccccc1CNC(=O)[C@@H]1CCC[C@@H]1CN. The molecule has 1 heterocycles. The zero-order valence-corrected chi connectivity index (χ0v) is 15.5. The number of hydrogen-bond acceptors (Lipinski definition) is 3. The predicted octanol–water partition coefficient (Wildman–Crippen LogP) is 3.05. The molecule has 4 nitrogen and oxygen atoms in total. The molecule has 3 N–H and O–H groups in total. The molecule has 3 rings (SSSR count). The molecule has 0 aromatic heterocycles. The van der Waals surface area contributed by atoms with E-state index in [1.807, 2.05) is 0 Å². The summed E-state index contributed by atoms with van der Waals surface area (Å²) in [7, 11) is 0. The number of benzene rings is 1. The topological polar surface area (TPSA) is 58.4 Å². The Labute approximate surface area is 152 Å². The van der Waals surface area contributed by atoms with Gasteiger partial charge in [0.05, 0.1) is 0 Å². The maximum Gasteiger partial charge on any atom is 0.223 e. The van der Waals surface area contributed by atoms with E-state index in [1.54, 1.807) is 0 Å². The van der Waals surface area contributed by atoms with Crippen molar-refractivity contribution in [3.63, 3.8) is 0 Å². The molecule has 0 spiro atoms. The van der Waals surface area contributed by atoms with Crippen molar-refractivity contribution in [3.8, 4) is 0 Å². The highest BCUT2D eigenvalue weighted by molar-refractivity contribution is 5.79. The number of piperidine rings is 1. The van der Waals surface area contributed by atoms with Crippen molar-refractivity contribution in [1.29, 1.82) is 0 Å². The molecule has 3 atom stereocenters. The fourth-order valence-corrected chi connectivity index (χ4v) is 4.47. The van der Waals surface area contributed by atoms with E-state index in [2.05, 4.69) is 41.4 Å². The maximum absolute atomic E-state index is 12.6. The van der Waals surface area contributed by atoms with Crippen LogP contribution in [-0.4, -0.2) is 29.9 Å². The minimum absolute atomic E-state index is 0.110. The van der Waals surface area contributed by atoms with Gasteiger partial charge >= 0.3 is 0 Å². The quantitative estimate of drug-likeness (QED) is 0.835. The minimum atomic E-state index is 0.110. The van der Waals surface area contributed by atoms with Gasteiger partial charge in [-0.15, -0.1) is 0 Å². The van der Waals surface area contributed by atoms with Crippen molar-refractivity contribution in [2.24, 2.45) is 17.6 Å². The summed E-state index contributed by atoms with van der Waals surface area (Å²) >= 11 is 0. The molecule has 2 fully saturated rings. The van der Waals surface area contributed by atoms with Crippen LogP contribution in [0.2, 0.25) is 0 Å². The Kier molecular flexibility index (Phi) is 6.49. The highest BCUT2D eigenvalue weighted by Crippen LogP contribution is 2.31. The highest BCUT2D eigenvalue weighted by Gasteiger charge is 2.31. The fourth-order valence-electron chi connectivity index (χ4n) is 4.47. The van der Waals surface area contributed by atoms with Crippen molar-refractivity contribution in [2.45, 2.75) is 64.6 Å². The van der Waals surface area contributed by atoms with Crippen LogP contribution in [0.4, 0.5) is 0 Å². The van der Waals surface area contributed by atoms with Gasteiger partial charge < -0.3 is 11.1 Å². The largest absolute Gasteiger partial charge is 0.352 e. The molecular weight excluding hydrogens is 310 g/mol. The van der Waals surface area contributed by atoms with Gasteiger partial charge in [0.1, 0.15) is 0 Å². The van der Waals surface area contributed by atoms with Gasteiger partial charge in [-0.05, 0) is 62.7 Å². The van der Waals surface area contributed by atoms with Crippen LogP contribution in [0, 0.1) is 11.8 Å². The molecule has 1 amide bonds. The van der Waals surface area contributed by atoms with E-state index in [9.17, 15) is 4.79 Å². The highest BCUT2D eigenvalue weighted by atomic mass is 16.1. The van der Waals surface area contributed by atoms with Gasteiger partial charge in [-0.2, -0.15) is 0 Å². The second-order valence-corrected chi connectivity index (χ2v) is 7.83. The monoisotopic (exact) mass is 343 g/mol. The smallest absolute Gasteiger partial charge is 0.223 e. The molecule has 1 unspecified atom stereocenters. The number of amides is 1. The molecule has 1 aromatic rings. The molecule has 1 saturated heterocycles. The van der Waals surface area contributed by atoms with E-state index >= 15 is 0 Å². The van der Waals surface area contributed by atoms with E-state index in [0.717, 1.165) is 25.8 Å². The van der Waals surface area contributed by atoms with Crippen molar-refractivity contribution in [1.82, 2.24) is 10.2 Å². The van der Waals surface area contributed by atoms with Gasteiger partial charge in [0.2, 0.25) is 5.91 Å². The average Bonchev–Trinajstić information content (AvgIpc) is 3.11. The van der Waals surface area contributed by atoms with Crippen LogP contribution in [0.1, 0.15) is 56.6 Å². The normalized spacial score (nSPS) is 27.4. The Morgan fingerprint density at radius 2 is 1.96 bits per heavy atom. The summed E-state index contributed by atoms with van der Waals surface area (Å²) in [4.78, 5) is 15.1. The summed E-state index contributed by atoms with van der Waals surface area (Å²) in [6.45, 7) is 5.76. The van der Waals surface area contributed by atoms with Gasteiger partial charge in [-0.1, -0.05) is 37.1 Å². The summed E-state index contributed by atoms with van der Waals surface area (Å²) in [5.41, 5.74) is 8.42. The fraction of sp³-hybridized carbons (Fsp3) is 0.667. The number of hydrogen-bond donors (Lipinski definition) is 2. The van der Waals surface area contributed by atoms with Gasteiger partial charge in [0.15, 0.2) is 0 Å². The summed E-state index contributed by atoms with van der Waals surface area (Å²) in [5, 5.41) is 3.18. The van der Waals surface area contributed by atoms with Crippen LogP contribution >= 0.6 is 0 Å². The molecule has 1 aromatic carbocycles. The lowest BCUT2D eigenvalue weighted by atomic mass is 9.95. The first kappa shape index (κ1) is 18.4. The summed E-state index contributed by atoms with van der Waals surface area (Å²) in [5.74, 6) is 0.665. The first-order valence-corrected chi connectivity index (χ1v) is 9.97. The van der Waals surface area contributed by atoms with Gasteiger partial charge in [0.25, 0.3) is 0 Å². The lowest BCUT2D eigenvalue weighted by Gasteiger charge is -2.33. The van der Waals surface area contributed by atoms with Gasteiger partial charge in [-0.3, -0.25) is 9.69 Å². The number of carbonyl (C=O) groups excluding carboxylic acids is 1. The zero-order valence-electron chi connectivity index (χ0n) is 15.5. The van der Waals surface area contributed by atoms with Crippen molar-refractivity contribution < 1.29 is 4.79 Å². The van der Waals surface area contributed by atoms with Crippen LogP contribution in [0.15, 0.2) is 24.3 Å². The van der Waals surface area contributed by atoms with Crippen LogP contribution in [0.3, 0.4) is 0 Å². The third-order valence-corrected chi connectivity index (χ3v) is 6.18. The maximum atomic E-state index is 12.6. The Balaban J connectivity index is 1.60. The molecule has 0 radical (unpaired) electrons. The molecule has 2 aliphatic rings. The predicted molar refractivity (Wildman–Crippen MR) is 102 cm³/mol. The molecule has 1 aliphatic carbocycles. The number of nitrogens with one attached hydrogen (secondary N) is 1. The van der Waals surface area contributed by atoms with Gasteiger partial charge in [-0.25, -0.2) is 0 Å². The van der Waals surface area contributed by atoms with Crippen LogP contribution in [-0.2, 0) is 17.9 Å². The average molecular weight is 344 g/mol. The lowest BCUT2D eigenvalue weighted by Crippen LogP contribution is -2.37. The van der Waals surface area contributed by atoms with Crippen molar-refractivity contribution in [2.75, 3.05) is 13.1 Å². The second kappa shape index (κ2) is 8.81. The van der Waals surface area contributed by atoms with Crippen molar-refractivity contribution >= 4 is 5.91 Å². The number of nitrogens with two attached hydrogens (primary N) is 1. The zero-order chi connectivity index (χ0) is 17.6. The minimum Gasteiger partial charge on any atom is -0.352 e. The molecule has 25 heavy (non-hydrogen) atoms. The first-order valence-electron chi connectivity index (χ1n) is 9.97. The van der Waals surface area contributed by atoms with Crippen molar-refractivity contribution in [3.05, 3.63) is 35.4 Å². The van der Waals surface area contributed by atoms with Gasteiger partial charge in [0, 0.05) is 25.0 Å². The number of carbonyl (C=O) groups is 1. The Hall–Kier alpha value is -1.39. The number of rotatable bonds is 6. The summed E-state index contributed by atoms with van der Waals surface area (Å²) in [6, 6.07) is 9.19. The Bertz CT molecular complexity index is 574. The molecule has 4 heteroatoms. The van der Waals surface area contributed by atoms with E-state index in [4.69, 9.17) is 5.73 Å². The van der Waals surface area contributed by atoms with E-state index < -0.39 is 0 Å². The third kappa shape index (κ3) is 4.62. The molecule has 0 bridgehead atoms. The Morgan fingerprint density at radius 3 is 2.72 bits per heavy atom. The lowest BCUT2D eigenvalue weighted by molar-refractivity contribution is -0.126. The Morgan fingerprint density at radius 1 is 1.16 bits per heavy atom. The van der Waals surface area contributed by atoms with Crippen LogP contribution in [0.25, 0.3) is 0 Å². The second-order valence-electron chi connectivity index (χ2n) is 7.83. The van der Waals surface area contributed by atoms with Crippen LogP contribution < -0.4 is 11.1 Å². The molecule has 1 aliphatic heterocycles. The third-order valence-electron chi connectivity index (χ3n) is 6.18. The molecule has 1 saturated carbocycles. The van der Waals surface area contributed by atoms with E-state index in [-0.39, 0.29) is 11.8 Å². The molecular formula is C21H33N3O. The first-order chi connectivity index (χ1) is 12.2. The standard InChI is InChI=1S/C21H33N3O/c1-16-7-4-5-12-24(16)15-19-9-3-2-8-18(19)14-23-21(25)20-11-6-10-17(20)13-22/h2-3,8-9,16-17,20H,4-7,10-15,22H2,1H3,(H,23,25)/t16?,17-,20-/m1/s1. The van der Waals surface area contributed by atoms with Crippen LogP contribution in [0.5, 0.6) is 0 Å². The summed E-state index contributed by atoms with van der Waals surface area (Å²) < 4.78 is 0. The van der Waals surface area contributed by atoms with E-state index in [1.165, 1.54) is 36.9 Å².